The molecule has 27 heavy (non-hydrogen) atoms. The lowest BCUT2D eigenvalue weighted by atomic mass is 9.95. The molecule has 0 bridgehead atoms. The topological polar surface area (TPSA) is 83.6 Å². The maximum atomic E-state index is 11.3. The zero-order chi connectivity index (χ0) is 19.1. The molecule has 0 radical (unpaired) electrons. The molecule has 2 heterocycles. The van der Waals surface area contributed by atoms with Crippen molar-refractivity contribution in [3.8, 4) is 10.6 Å². The Kier molecular flexibility index (Phi) is 6.81. The second-order valence-electron chi connectivity index (χ2n) is 6.80. The molecule has 3 rings (SSSR count). The number of nitrogens with one attached hydrogen (secondary N) is 1. The van der Waals surface area contributed by atoms with E-state index in [1.54, 1.807) is 11.3 Å². The highest BCUT2D eigenvalue weighted by atomic mass is 32.1. The highest BCUT2D eigenvalue weighted by Crippen LogP contribution is 2.24. The average molecular weight is 386 g/mol. The summed E-state index contributed by atoms with van der Waals surface area (Å²) in [5.41, 5.74) is 7.48. The lowest BCUT2D eigenvalue weighted by molar-refractivity contribution is -0.119. The largest absolute Gasteiger partial charge is 0.370 e. The van der Waals surface area contributed by atoms with Gasteiger partial charge in [-0.25, -0.2) is 9.98 Å². The number of carbonyl (C=O) groups excluding carboxylic acids is 1. The van der Waals surface area contributed by atoms with Gasteiger partial charge in [0.2, 0.25) is 5.91 Å². The minimum absolute atomic E-state index is 0.222. The van der Waals surface area contributed by atoms with Gasteiger partial charge >= 0.3 is 0 Å². The molecule has 1 fully saturated rings. The van der Waals surface area contributed by atoms with Crippen molar-refractivity contribution in [2.75, 3.05) is 19.6 Å². The van der Waals surface area contributed by atoms with Gasteiger partial charge in [0.1, 0.15) is 5.01 Å². The van der Waals surface area contributed by atoms with E-state index in [1.807, 2.05) is 18.2 Å². The summed E-state index contributed by atoms with van der Waals surface area (Å²) in [6.07, 6.45) is 2.55. The molecular formula is C20H27N5OS. The number of aliphatic imine (C=N–C) groups is 1. The molecule has 1 saturated heterocycles. The molecule has 7 heteroatoms. The molecule has 3 N–H and O–H groups in total. The van der Waals surface area contributed by atoms with Gasteiger partial charge in [0.15, 0.2) is 5.96 Å². The van der Waals surface area contributed by atoms with Crippen LogP contribution in [0.25, 0.3) is 10.6 Å². The van der Waals surface area contributed by atoms with E-state index in [1.165, 1.54) is 0 Å². The first-order valence-electron chi connectivity index (χ1n) is 9.47. The average Bonchev–Trinajstić information content (AvgIpc) is 3.14. The summed E-state index contributed by atoms with van der Waals surface area (Å²) in [5, 5.41) is 6.46. The highest BCUT2D eigenvalue weighted by molar-refractivity contribution is 7.13. The van der Waals surface area contributed by atoms with Crippen LogP contribution in [0, 0.1) is 5.92 Å². The normalized spacial score (nSPS) is 17.7. The van der Waals surface area contributed by atoms with Crippen molar-refractivity contribution in [1.82, 2.24) is 15.2 Å². The van der Waals surface area contributed by atoms with Crippen LogP contribution in [0.3, 0.4) is 0 Å². The Labute approximate surface area is 164 Å². The number of amides is 1. The van der Waals surface area contributed by atoms with Crippen molar-refractivity contribution in [2.24, 2.45) is 16.6 Å². The number of hydrogen-bond donors (Lipinski definition) is 2. The number of guanidine groups is 1. The molecule has 1 aliphatic heterocycles. The maximum absolute atomic E-state index is 11.3. The summed E-state index contributed by atoms with van der Waals surface area (Å²) in [7, 11) is 0. The summed E-state index contributed by atoms with van der Waals surface area (Å²) >= 11 is 1.64. The minimum Gasteiger partial charge on any atom is -0.370 e. The number of benzene rings is 1. The SMILES string of the molecule is CCNC(=NCc1csc(-c2ccccc2)n1)N1CCCC(CC(N)=O)C1. The molecule has 1 unspecified atom stereocenters. The number of primary amides is 1. The van der Waals surface area contributed by atoms with Crippen LogP contribution in [-0.4, -0.2) is 41.4 Å². The van der Waals surface area contributed by atoms with Crippen LogP contribution in [0.15, 0.2) is 40.7 Å². The number of likely N-dealkylation sites (tertiary alicyclic amines) is 1. The van der Waals surface area contributed by atoms with Gasteiger partial charge in [-0.1, -0.05) is 30.3 Å². The Morgan fingerprint density at radius 3 is 2.96 bits per heavy atom. The first-order valence-corrected chi connectivity index (χ1v) is 10.3. The van der Waals surface area contributed by atoms with Gasteiger partial charge in [0, 0.05) is 37.0 Å². The number of carbonyl (C=O) groups is 1. The number of aromatic nitrogens is 1. The number of hydrogen-bond acceptors (Lipinski definition) is 4. The van der Waals surface area contributed by atoms with E-state index in [4.69, 9.17) is 15.7 Å². The van der Waals surface area contributed by atoms with Gasteiger partial charge < -0.3 is 16.0 Å². The standard InChI is InChI=1S/C20H27N5OS/c1-2-22-20(25-10-6-7-15(13-25)11-18(21)26)23-12-17-14-27-19(24-17)16-8-4-3-5-9-16/h3-5,8-9,14-15H,2,6-7,10-13H2,1H3,(H2,21,26)(H,22,23). The second kappa shape index (κ2) is 9.50. The van der Waals surface area contributed by atoms with Crippen molar-refractivity contribution in [3.63, 3.8) is 0 Å². The maximum Gasteiger partial charge on any atom is 0.217 e. The summed E-state index contributed by atoms with van der Waals surface area (Å²) in [5.74, 6) is 0.977. The molecule has 0 aliphatic carbocycles. The zero-order valence-corrected chi connectivity index (χ0v) is 16.5. The Balaban J connectivity index is 1.67. The first-order chi connectivity index (χ1) is 13.2. The molecule has 144 valence electrons. The number of rotatable bonds is 6. The third-order valence-corrected chi connectivity index (χ3v) is 5.55. The van der Waals surface area contributed by atoms with E-state index in [2.05, 4.69) is 34.7 Å². The minimum atomic E-state index is -0.222. The van der Waals surface area contributed by atoms with Crippen molar-refractivity contribution >= 4 is 23.2 Å². The van der Waals surface area contributed by atoms with Crippen LogP contribution in [0.2, 0.25) is 0 Å². The number of nitrogens with zero attached hydrogens (tertiary/aromatic N) is 3. The van der Waals surface area contributed by atoms with Crippen LogP contribution in [0.1, 0.15) is 31.9 Å². The molecule has 6 nitrogen and oxygen atoms in total. The van der Waals surface area contributed by atoms with Crippen LogP contribution in [0.4, 0.5) is 0 Å². The van der Waals surface area contributed by atoms with E-state index in [0.717, 1.165) is 54.7 Å². The predicted molar refractivity (Wildman–Crippen MR) is 110 cm³/mol. The van der Waals surface area contributed by atoms with E-state index in [-0.39, 0.29) is 5.91 Å². The fourth-order valence-corrected chi connectivity index (χ4v) is 4.20. The van der Waals surface area contributed by atoms with E-state index >= 15 is 0 Å². The first kappa shape index (κ1) is 19.4. The molecule has 0 saturated carbocycles. The van der Waals surface area contributed by atoms with Crippen molar-refractivity contribution in [2.45, 2.75) is 32.7 Å². The molecule has 1 atom stereocenters. The van der Waals surface area contributed by atoms with Crippen molar-refractivity contribution in [1.29, 1.82) is 0 Å². The fourth-order valence-electron chi connectivity index (χ4n) is 3.38. The Morgan fingerprint density at radius 1 is 1.41 bits per heavy atom. The number of nitrogens with two attached hydrogens (primary N) is 1. The van der Waals surface area contributed by atoms with Gasteiger partial charge in [-0.3, -0.25) is 4.79 Å². The molecule has 1 aromatic heterocycles. The van der Waals surface area contributed by atoms with Crippen molar-refractivity contribution < 1.29 is 4.79 Å². The Bertz CT molecular complexity index is 774. The Morgan fingerprint density at radius 2 is 2.22 bits per heavy atom. The molecule has 0 spiro atoms. The molecular weight excluding hydrogens is 358 g/mol. The molecule has 1 aliphatic rings. The molecule has 1 aromatic carbocycles. The van der Waals surface area contributed by atoms with Gasteiger partial charge in [-0.15, -0.1) is 11.3 Å². The quantitative estimate of drug-likeness (QED) is 0.592. The number of thiazole rings is 1. The van der Waals surface area contributed by atoms with Gasteiger partial charge in [-0.05, 0) is 25.7 Å². The highest BCUT2D eigenvalue weighted by Gasteiger charge is 2.23. The number of piperidine rings is 1. The smallest absolute Gasteiger partial charge is 0.217 e. The lowest BCUT2D eigenvalue weighted by Gasteiger charge is -2.34. The fraction of sp³-hybridized carbons (Fsp3) is 0.450. The zero-order valence-electron chi connectivity index (χ0n) is 15.7. The van der Waals surface area contributed by atoms with Gasteiger partial charge in [-0.2, -0.15) is 0 Å². The Hall–Kier alpha value is -2.41. The predicted octanol–water partition coefficient (Wildman–Crippen LogP) is 2.86. The third-order valence-electron chi connectivity index (χ3n) is 4.61. The van der Waals surface area contributed by atoms with Crippen LogP contribution >= 0.6 is 11.3 Å². The summed E-state index contributed by atoms with van der Waals surface area (Å²) < 4.78 is 0. The van der Waals surface area contributed by atoms with Gasteiger partial charge in [0.05, 0.1) is 12.2 Å². The molecule has 1 amide bonds. The lowest BCUT2D eigenvalue weighted by Crippen LogP contribution is -2.47. The summed E-state index contributed by atoms with van der Waals surface area (Å²) in [4.78, 5) is 23.0. The van der Waals surface area contributed by atoms with Crippen LogP contribution < -0.4 is 11.1 Å². The van der Waals surface area contributed by atoms with Gasteiger partial charge in [0.25, 0.3) is 0 Å². The van der Waals surface area contributed by atoms with Crippen molar-refractivity contribution in [3.05, 3.63) is 41.4 Å². The molecule has 2 aromatic rings. The third kappa shape index (κ3) is 5.53. The van der Waals surface area contributed by atoms with E-state index in [0.29, 0.717) is 18.9 Å². The monoisotopic (exact) mass is 385 g/mol. The summed E-state index contributed by atoms with van der Waals surface area (Å²) in [6, 6.07) is 10.2. The van der Waals surface area contributed by atoms with Crippen LogP contribution in [0.5, 0.6) is 0 Å². The van der Waals surface area contributed by atoms with E-state index < -0.39 is 0 Å². The second-order valence-corrected chi connectivity index (χ2v) is 7.66. The summed E-state index contributed by atoms with van der Waals surface area (Å²) in [6.45, 7) is 5.19. The van der Waals surface area contributed by atoms with E-state index in [9.17, 15) is 4.79 Å². The van der Waals surface area contributed by atoms with Crippen LogP contribution in [-0.2, 0) is 11.3 Å².